The monoisotopic (exact) mass is 232 g/mol. The van der Waals surface area contributed by atoms with Crippen LogP contribution in [0.3, 0.4) is 0 Å². The molecule has 0 aromatic heterocycles. The van der Waals surface area contributed by atoms with Crippen LogP contribution in [0.25, 0.3) is 0 Å². The van der Waals surface area contributed by atoms with E-state index in [9.17, 15) is 4.79 Å². The van der Waals surface area contributed by atoms with Crippen LogP contribution in [0.5, 0.6) is 0 Å². The van der Waals surface area contributed by atoms with E-state index in [1.165, 1.54) is 0 Å². The molecule has 6 heteroatoms. The molecule has 0 amide bonds. The first-order valence-corrected chi connectivity index (χ1v) is 5.21. The fraction of sp³-hybridized carbons (Fsp3) is 0.273. The highest BCUT2D eigenvalue weighted by Gasteiger charge is 2.19. The number of nitrogens with one attached hydrogen (secondary N) is 1. The number of allylic oxidation sites excluding steroid dienone is 2. The lowest BCUT2D eigenvalue weighted by Gasteiger charge is -2.09. The van der Waals surface area contributed by atoms with Gasteiger partial charge in [0.05, 0.1) is 11.9 Å². The Morgan fingerprint density at radius 1 is 1.47 bits per heavy atom. The van der Waals surface area contributed by atoms with Gasteiger partial charge >= 0.3 is 5.97 Å². The Bertz CT molecular complexity index is 442. The van der Waals surface area contributed by atoms with E-state index >= 15 is 0 Å². The van der Waals surface area contributed by atoms with Crippen molar-refractivity contribution in [2.45, 2.75) is 12.5 Å². The fourth-order valence-electron chi connectivity index (χ4n) is 1.47. The molecule has 0 spiro atoms. The molecule has 2 aliphatic heterocycles. The van der Waals surface area contributed by atoms with E-state index in [1.807, 2.05) is 0 Å². The fourth-order valence-corrected chi connectivity index (χ4v) is 1.47. The van der Waals surface area contributed by atoms with Crippen molar-refractivity contribution >= 4 is 24.6 Å². The van der Waals surface area contributed by atoms with Crippen molar-refractivity contribution in [3.05, 3.63) is 23.7 Å². The van der Waals surface area contributed by atoms with E-state index < -0.39 is 12.0 Å². The van der Waals surface area contributed by atoms with Crippen LogP contribution in [0.15, 0.2) is 38.6 Å². The number of aliphatic carboxylic acids is 1. The Balaban J connectivity index is 2.19. The van der Waals surface area contributed by atoms with E-state index in [2.05, 4.69) is 20.3 Å². The summed E-state index contributed by atoms with van der Waals surface area (Å²) < 4.78 is 0. The van der Waals surface area contributed by atoms with Gasteiger partial charge in [-0.2, -0.15) is 0 Å². The van der Waals surface area contributed by atoms with Crippen LogP contribution in [-0.4, -0.2) is 42.3 Å². The first kappa shape index (κ1) is 11.4. The molecule has 0 radical (unpaired) electrons. The molecule has 0 aromatic rings. The molecule has 0 saturated heterocycles. The number of aliphatic imine (C=N–C) groups is 3. The minimum Gasteiger partial charge on any atom is -0.480 e. The third kappa shape index (κ3) is 2.94. The normalized spacial score (nSPS) is 27.9. The van der Waals surface area contributed by atoms with Crippen molar-refractivity contribution in [3.63, 3.8) is 0 Å². The van der Waals surface area contributed by atoms with Gasteiger partial charge in [-0.1, -0.05) is 0 Å². The molecule has 0 fully saturated rings. The largest absolute Gasteiger partial charge is 0.480 e. The van der Waals surface area contributed by atoms with Gasteiger partial charge < -0.3 is 5.11 Å². The molecule has 88 valence electrons. The number of nitrogens with zero attached hydrogens (tertiary/aromatic N) is 3. The number of hydrogen-bond donors (Lipinski definition) is 2. The molecule has 1 unspecified atom stereocenters. The molecule has 0 aromatic carbocycles. The lowest BCUT2D eigenvalue weighted by atomic mass is 10.2. The van der Waals surface area contributed by atoms with Crippen LogP contribution in [0.1, 0.15) is 6.42 Å². The molecule has 1 atom stereocenters. The van der Waals surface area contributed by atoms with Gasteiger partial charge in [-0.05, 0) is 6.08 Å². The molecule has 17 heavy (non-hydrogen) atoms. The van der Waals surface area contributed by atoms with Gasteiger partial charge in [0.1, 0.15) is 11.7 Å². The molecule has 2 N–H and O–H groups in total. The first-order valence-electron chi connectivity index (χ1n) is 5.21. The third-order valence-electron chi connectivity index (χ3n) is 2.37. The van der Waals surface area contributed by atoms with E-state index in [0.717, 1.165) is 0 Å². The standard InChI is InChI=1S/C11H12N4O2/c16-11(17)8-2-5-14-10(7-15-8)9-6-12-3-1-4-13-9/h1,3-6,8,15H,2,7H2,(H,16,17). The number of carboxylic acids is 1. The number of hydrogen-bond acceptors (Lipinski definition) is 5. The van der Waals surface area contributed by atoms with E-state index in [4.69, 9.17) is 5.11 Å². The highest BCUT2D eigenvalue weighted by atomic mass is 16.4. The van der Waals surface area contributed by atoms with Gasteiger partial charge in [-0.25, -0.2) is 0 Å². The van der Waals surface area contributed by atoms with Crippen molar-refractivity contribution < 1.29 is 9.90 Å². The SMILES string of the molecule is O=C(O)C1CC=NC(=C2C=NC=CC=N2)CN1. The number of rotatable bonds is 1. The summed E-state index contributed by atoms with van der Waals surface area (Å²) >= 11 is 0. The average Bonchev–Trinajstić information content (AvgIpc) is 2.71. The summed E-state index contributed by atoms with van der Waals surface area (Å²) in [7, 11) is 0. The molecule has 2 rings (SSSR count). The second-order valence-electron chi connectivity index (χ2n) is 3.55. The van der Waals surface area contributed by atoms with Crippen LogP contribution in [0, 0.1) is 0 Å². The lowest BCUT2D eigenvalue weighted by molar-refractivity contribution is -0.139. The molecular formula is C11H12N4O2. The van der Waals surface area contributed by atoms with E-state index in [1.54, 1.807) is 30.9 Å². The molecule has 0 saturated carbocycles. The van der Waals surface area contributed by atoms with Gasteiger partial charge in [0.25, 0.3) is 0 Å². The van der Waals surface area contributed by atoms with Gasteiger partial charge in [0.15, 0.2) is 0 Å². The van der Waals surface area contributed by atoms with Crippen LogP contribution in [0.2, 0.25) is 0 Å². The summed E-state index contributed by atoms with van der Waals surface area (Å²) in [4.78, 5) is 23.2. The van der Waals surface area contributed by atoms with Crippen LogP contribution in [0.4, 0.5) is 0 Å². The predicted octanol–water partition coefficient (Wildman–Crippen LogP) is 0.384. The molecular weight excluding hydrogens is 220 g/mol. The Hall–Kier alpha value is -2.08. The molecule has 0 aliphatic carbocycles. The second-order valence-corrected chi connectivity index (χ2v) is 3.55. The van der Waals surface area contributed by atoms with Gasteiger partial charge in [0.2, 0.25) is 0 Å². The predicted molar refractivity (Wildman–Crippen MR) is 65.7 cm³/mol. The second kappa shape index (κ2) is 5.31. The maximum absolute atomic E-state index is 10.8. The number of carboxylic acid groups (broad SMARTS) is 1. The Morgan fingerprint density at radius 3 is 3.18 bits per heavy atom. The van der Waals surface area contributed by atoms with Crippen molar-refractivity contribution in [1.29, 1.82) is 0 Å². The first-order chi connectivity index (χ1) is 8.27. The van der Waals surface area contributed by atoms with Crippen molar-refractivity contribution in [2.75, 3.05) is 6.54 Å². The topological polar surface area (TPSA) is 86.4 Å². The summed E-state index contributed by atoms with van der Waals surface area (Å²) in [5.74, 6) is -0.873. The van der Waals surface area contributed by atoms with Crippen LogP contribution in [-0.2, 0) is 4.79 Å². The van der Waals surface area contributed by atoms with E-state index in [-0.39, 0.29) is 0 Å². The summed E-state index contributed by atoms with van der Waals surface area (Å²) in [6.45, 7) is 0.367. The zero-order chi connectivity index (χ0) is 12.1. The summed E-state index contributed by atoms with van der Waals surface area (Å²) in [5.41, 5.74) is 1.34. The van der Waals surface area contributed by atoms with Crippen molar-refractivity contribution in [1.82, 2.24) is 5.32 Å². The summed E-state index contributed by atoms with van der Waals surface area (Å²) in [5, 5.41) is 11.8. The highest BCUT2D eigenvalue weighted by Crippen LogP contribution is 2.10. The van der Waals surface area contributed by atoms with Crippen LogP contribution < -0.4 is 5.32 Å². The highest BCUT2D eigenvalue weighted by molar-refractivity contribution is 5.87. The molecule has 2 aliphatic rings. The molecule has 2 heterocycles. The average molecular weight is 232 g/mol. The van der Waals surface area contributed by atoms with E-state index in [0.29, 0.717) is 24.4 Å². The number of carbonyl (C=O) groups is 1. The Morgan fingerprint density at radius 2 is 2.35 bits per heavy atom. The lowest BCUT2D eigenvalue weighted by Crippen LogP contribution is -2.36. The molecule has 0 bridgehead atoms. The molecule has 6 nitrogen and oxygen atoms in total. The quantitative estimate of drug-likeness (QED) is 0.685. The summed E-state index contributed by atoms with van der Waals surface area (Å²) in [6, 6.07) is -0.596. The maximum Gasteiger partial charge on any atom is 0.321 e. The van der Waals surface area contributed by atoms with Gasteiger partial charge in [-0.15, -0.1) is 0 Å². The van der Waals surface area contributed by atoms with Crippen molar-refractivity contribution in [2.24, 2.45) is 15.0 Å². The maximum atomic E-state index is 10.8. The van der Waals surface area contributed by atoms with Crippen molar-refractivity contribution in [3.8, 4) is 0 Å². The minimum absolute atomic E-state index is 0.366. The van der Waals surface area contributed by atoms with Gasteiger partial charge in [0, 0.05) is 31.6 Å². The Labute approximate surface area is 98.2 Å². The minimum atomic E-state index is -0.873. The Kier molecular flexibility index (Phi) is 3.56. The van der Waals surface area contributed by atoms with Crippen LogP contribution >= 0.6 is 0 Å². The van der Waals surface area contributed by atoms with Gasteiger partial charge in [-0.3, -0.25) is 25.1 Å². The summed E-state index contributed by atoms with van der Waals surface area (Å²) in [6.07, 6.45) is 8.55. The zero-order valence-electron chi connectivity index (χ0n) is 9.08. The smallest absolute Gasteiger partial charge is 0.321 e. The third-order valence-corrected chi connectivity index (χ3v) is 2.37. The zero-order valence-corrected chi connectivity index (χ0v) is 9.08.